The Morgan fingerprint density at radius 3 is 2.63 bits per heavy atom. The molecule has 0 atom stereocenters. The second kappa shape index (κ2) is 8.21. The second-order valence-corrected chi connectivity index (χ2v) is 6.51. The van der Waals surface area contributed by atoms with E-state index in [1.54, 1.807) is 42.5 Å². The molecule has 150 valence electrons. The Balaban J connectivity index is 1.86. The van der Waals surface area contributed by atoms with E-state index in [0.29, 0.717) is 16.3 Å². The van der Waals surface area contributed by atoms with E-state index < -0.39 is 18.3 Å². The van der Waals surface area contributed by atoms with Crippen molar-refractivity contribution in [3.05, 3.63) is 65.6 Å². The van der Waals surface area contributed by atoms with Crippen LogP contribution in [0.15, 0.2) is 54.7 Å². The van der Waals surface area contributed by atoms with Crippen LogP contribution < -0.4 is 5.32 Å². The SMILES string of the molecule is O=C(O)CNc1ncc(-c2nnnn2-c2ccc(Cl)cc2)c(-c2ccccc2F)n1. The molecule has 0 fully saturated rings. The third kappa shape index (κ3) is 3.94. The third-order valence-corrected chi connectivity index (χ3v) is 4.35. The lowest BCUT2D eigenvalue weighted by Crippen LogP contribution is -2.15. The predicted molar refractivity (Wildman–Crippen MR) is 107 cm³/mol. The summed E-state index contributed by atoms with van der Waals surface area (Å²) >= 11 is 5.95. The molecule has 4 aromatic rings. The van der Waals surface area contributed by atoms with Crippen LogP contribution in [0.25, 0.3) is 28.3 Å². The van der Waals surface area contributed by atoms with E-state index in [9.17, 15) is 9.18 Å². The molecule has 0 saturated carbocycles. The summed E-state index contributed by atoms with van der Waals surface area (Å²) in [5.74, 6) is -1.28. The van der Waals surface area contributed by atoms with Gasteiger partial charge in [0.15, 0.2) is 5.82 Å². The minimum Gasteiger partial charge on any atom is -0.480 e. The molecule has 11 heteroatoms. The molecular weight excluding hydrogens is 413 g/mol. The lowest BCUT2D eigenvalue weighted by Gasteiger charge is -2.12. The third-order valence-electron chi connectivity index (χ3n) is 4.10. The molecular formula is C19H13ClFN7O2. The number of hydrogen-bond donors (Lipinski definition) is 2. The van der Waals surface area contributed by atoms with Gasteiger partial charge in [-0.3, -0.25) is 4.79 Å². The van der Waals surface area contributed by atoms with Gasteiger partial charge in [0.05, 0.1) is 16.9 Å². The van der Waals surface area contributed by atoms with E-state index >= 15 is 0 Å². The number of tetrazole rings is 1. The molecule has 2 N–H and O–H groups in total. The van der Waals surface area contributed by atoms with E-state index in [1.807, 2.05) is 0 Å². The summed E-state index contributed by atoms with van der Waals surface area (Å²) in [6, 6.07) is 12.9. The largest absolute Gasteiger partial charge is 0.480 e. The Kier molecular flexibility index (Phi) is 5.31. The molecule has 0 aliphatic heterocycles. The summed E-state index contributed by atoms with van der Waals surface area (Å²) in [5.41, 5.74) is 1.40. The van der Waals surface area contributed by atoms with Gasteiger partial charge in [-0.05, 0) is 46.8 Å². The van der Waals surface area contributed by atoms with Crippen molar-refractivity contribution in [1.82, 2.24) is 30.2 Å². The summed E-state index contributed by atoms with van der Waals surface area (Å²) in [6.45, 7) is -0.390. The average Bonchev–Trinajstić information content (AvgIpc) is 3.22. The molecule has 2 aromatic carbocycles. The number of nitrogens with zero attached hydrogens (tertiary/aromatic N) is 6. The highest BCUT2D eigenvalue weighted by Gasteiger charge is 2.20. The fourth-order valence-electron chi connectivity index (χ4n) is 2.76. The maximum absolute atomic E-state index is 14.6. The molecule has 0 aliphatic rings. The molecule has 2 heterocycles. The number of carboxylic acid groups (broad SMARTS) is 1. The Morgan fingerprint density at radius 2 is 1.90 bits per heavy atom. The Morgan fingerprint density at radius 1 is 1.13 bits per heavy atom. The maximum atomic E-state index is 14.6. The highest BCUT2D eigenvalue weighted by molar-refractivity contribution is 6.30. The summed E-state index contributed by atoms with van der Waals surface area (Å²) in [5, 5.41) is 23.8. The standard InChI is InChI=1S/C19H13ClFN7O2/c20-11-5-7-12(8-6-11)28-18(25-26-27-28)14-9-22-19(23-10-16(29)30)24-17(14)13-3-1-2-4-15(13)21/h1-9H,10H2,(H,29,30)(H,22,23,24). The van der Waals surface area contributed by atoms with Crippen molar-refractivity contribution >= 4 is 23.5 Å². The van der Waals surface area contributed by atoms with Gasteiger partial charge in [0.25, 0.3) is 0 Å². The first kappa shape index (κ1) is 19.4. The van der Waals surface area contributed by atoms with Crippen molar-refractivity contribution in [3.8, 4) is 28.3 Å². The highest BCUT2D eigenvalue weighted by Crippen LogP contribution is 2.32. The van der Waals surface area contributed by atoms with Gasteiger partial charge in [0, 0.05) is 16.8 Å². The van der Waals surface area contributed by atoms with Crippen LogP contribution >= 0.6 is 11.6 Å². The van der Waals surface area contributed by atoms with E-state index in [2.05, 4.69) is 30.8 Å². The number of hydrogen-bond acceptors (Lipinski definition) is 7. The molecule has 0 bridgehead atoms. The van der Waals surface area contributed by atoms with E-state index in [-0.39, 0.29) is 23.0 Å². The van der Waals surface area contributed by atoms with Crippen LogP contribution in [0, 0.1) is 5.82 Å². The molecule has 30 heavy (non-hydrogen) atoms. The number of anilines is 1. The highest BCUT2D eigenvalue weighted by atomic mass is 35.5. The number of halogens is 2. The van der Waals surface area contributed by atoms with Crippen molar-refractivity contribution in [1.29, 1.82) is 0 Å². The lowest BCUT2D eigenvalue weighted by molar-refractivity contribution is -0.134. The summed E-state index contributed by atoms with van der Waals surface area (Å²) in [4.78, 5) is 19.3. The summed E-state index contributed by atoms with van der Waals surface area (Å²) < 4.78 is 16.0. The fourth-order valence-corrected chi connectivity index (χ4v) is 2.88. The second-order valence-electron chi connectivity index (χ2n) is 6.07. The molecule has 0 spiro atoms. The summed E-state index contributed by atoms with van der Waals surface area (Å²) in [6.07, 6.45) is 1.41. The Hall–Kier alpha value is -3.92. The predicted octanol–water partition coefficient (Wildman–Crippen LogP) is 3.08. The number of carboxylic acids is 1. The van der Waals surface area contributed by atoms with Crippen molar-refractivity contribution < 1.29 is 14.3 Å². The molecule has 0 aliphatic carbocycles. The van der Waals surface area contributed by atoms with Crippen LogP contribution in [-0.2, 0) is 4.79 Å². The zero-order valence-electron chi connectivity index (χ0n) is 15.2. The first-order chi connectivity index (χ1) is 14.5. The molecule has 4 rings (SSSR count). The number of carbonyl (C=O) groups is 1. The van der Waals surface area contributed by atoms with Gasteiger partial charge in [-0.25, -0.2) is 14.4 Å². The van der Waals surface area contributed by atoms with E-state index in [0.717, 1.165) is 0 Å². The van der Waals surface area contributed by atoms with Crippen LogP contribution in [0.3, 0.4) is 0 Å². The number of aromatic nitrogens is 6. The lowest BCUT2D eigenvalue weighted by atomic mass is 10.1. The van der Waals surface area contributed by atoms with Crippen LogP contribution in [0.1, 0.15) is 0 Å². The van der Waals surface area contributed by atoms with Gasteiger partial charge >= 0.3 is 5.97 Å². The molecule has 0 radical (unpaired) electrons. The van der Waals surface area contributed by atoms with Crippen LogP contribution in [-0.4, -0.2) is 47.8 Å². The molecule has 0 amide bonds. The smallest absolute Gasteiger partial charge is 0.322 e. The van der Waals surface area contributed by atoms with Crippen LogP contribution in [0.2, 0.25) is 5.02 Å². The zero-order chi connectivity index (χ0) is 21.1. The van der Waals surface area contributed by atoms with Gasteiger partial charge in [0.1, 0.15) is 12.4 Å². The zero-order valence-corrected chi connectivity index (χ0v) is 16.0. The van der Waals surface area contributed by atoms with E-state index in [1.165, 1.54) is 16.9 Å². The monoisotopic (exact) mass is 425 g/mol. The van der Waals surface area contributed by atoms with Crippen molar-refractivity contribution in [3.63, 3.8) is 0 Å². The quantitative estimate of drug-likeness (QED) is 0.483. The van der Waals surface area contributed by atoms with Gasteiger partial charge in [-0.2, -0.15) is 4.68 Å². The Labute approximate surface area is 174 Å². The van der Waals surface area contributed by atoms with Crippen molar-refractivity contribution in [2.45, 2.75) is 0 Å². The number of rotatable bonds is 6. The first-order valence-electron chi connectivity index (χ1n) is 8.65. The van der Waals surface area contributed by atoms with Crippen LogP contribution in [0.4, 0.5) is 10.3 Å². The molecule has 2 aromatic heterocycles. The molecule has 9 nitrogen and oxygen atoms in total. The van der Waals surface area contributed by atoms with Gasteiger partial charge in [0.2, 0.25) is 5.95 Å². The maximum Gasteiger partial charge on any atom is 0.322 e. The topological polar surface area (TPSA) is 119 Å². The van der Waals surface area contributed by atoms with Crippen LogP contribution in [0.5, 0.6) is 0 Å². The molecule has 0 saturated heterocycles. The normalized spacial score (nSPS) is 10.7. The van der Waals surface area contributed by atoms with Gasteiger partial charge < -0.3 is 10.4 Å². The average molecular weight is 426 g/mol. The number of aliphatic carboxylic acids is 1. The minimum atomic E-state index is -1.08. The van der Waals surface area contributed by atoms with Gasteiger partial charge in [-0.1, -0.05) is 23.7 Å². The van der Waals surface area contributed by atoms with Crippen molar-refractivity contribution in [2.75, 3.05) is 11.9 Å². The molecule has 0 unspecified atom stereocenters. The number of benzene rings is 2. The summed E-state index contributed by atoms with van der Waals surface area (Å²) in [7, 11) is 0. The number of nitrogens with one attached hydrogen (secondary N) is 1. The minimum absolute atomic E-state index is 0.0323. The Bertz CT molecular complexity index is 1210. The van der Waals surface area contributed by atoms with Gasteiger partial charge in [-0.15, -0.1) is 5.10 Å². The van der Waals surface area contributed by atoms with E-state index in [4.69, 9.17) is 16.7 Å². The first-order valence-corrected chi connectivity index (χ1v) is 9.03. The fraction of sp³-hybridized carbons (Fsp3) is 0.0526. The van der Waals surface area contributed by atoms with Crippen molar-refractivity contribution in [2.24, 2.45) is 0 Å².